The Labute approximate surface area is 131 Å². The highest BCUT2D eigenvalue weighted by molar-refractivity contribution is 5.95. The molecule has 1 atom stereocenters. The lowest BCUT2D eigenvalue weighted by atomic mass is 10.1. The first kappa shape index (κ1) is 17.6. The first-order valence-electron chi connectivity index (χ1n) is 6.90. The SMILES string of the molecule is COc1cc(C(=O)N[C@H]2CCCNC2)cc(OC)c1C.Cl. The number of benzene rings is 1. The summed E-state index contributed by atoms with van der Waals surface area (Å²) in [6, 6.07) is 3.70. The maximum absolute atomic E-state index is 12.3. The number of nitrogens with one attached hydrogen (secondary N) is 2. The number of ether oxygens (including phenoxy) is 2. The highest BCUT2D eigenvalue weighted by Crippen LogP contribution is 2.29. The Hall–Kier alpha value is -1.46. The molecule has 1 saturated heterocycles. The Kier molecular flexibility index (Phi) is 6.78. The number of carbonyl (C=O) groups is 1. The van der Waals surface area contributed by atoms with Crippen molar-refractivity contribution in [2.75, 3.05) is 27.3 Å². The molecule has 5 nitrogen and oxygen atoms in total. The molecule has 1 heterocycles. The van der Waals surface area contributed by atoms with Crippen molar-refractivity contribution in [2.45, 2.75) is 25.8 Å². The monoisotopic (exact) mass is 314 g/mol. The fraction of sp³-hybridized carbons (Fsp3) is 0.533. The van der Waals surface area contributed by atoms with Crippen LogP contribution in [0.25, 0.3) is 0 Å². The summed E-state index contributed by atoms with van der Waals surface area (Å²) in [5.74, 6) is 1.24. The van der Waals surface area contributed by atoms with E-state index in [1.54, 1.807) is 26.4 Å². The highest BCUT2D eigenvalue weighted by atomic mass is 35.5. The van der Waals surface area contributed by atoms with Crippen LogP contribution in [-0.2, 0) is 0 Å². The number of carbonyl (C=O) groups excluding carboxylic acids is 1. The smallest absolute Gasteiger partial charge is 0.251 e. The van der Waals surface area contributed by atoms with Crippen LogP contribution in [0.4, 0.5) is 0 Å². The van der Waals surface area contributed by atoms with Crippen LogP contribution in [0, 0.1) is 6.92 Å². The molecule has 21 heavy (non-hydrogen) atoms. The summed E-state index contributed by atoms with van der Waals surface area (Å²) in [5, 5.41) is 6.33. The third kappa shape index (κ3) is 4.25. The van der Waals surface area contributed by atoms with Crippen LogP contribution in [0.2, 0.25) is 0 Å². The number of halogens is 1. The van der Waals surface area contributed by atoms with Crippen molar-refractivity contribution in [1.82, 2.24) is 10.6 Å². The Morgan fingerprint density at radius 2 is 1.90 bits per heavy atom. The van der Waals surface area contributed by atoms with Crippen LogP contribution < -0.4 is 20.1 Å². The van der Waals surface area contributed by atoms with Gasteiger partial charge in [0.15, 0.2) is 0 Å². The Balaban J connectivity index is 0.00000220. The van der Waals surface area contributed by atoms with E-state index in [1.165, 1.54) is 0 Å². The van der Waals surface area contributed by atoms with Crippen molar-refractivity contribution < 1.29 is 14.3 Å². The summed E-state index contributed by atoms with van der Waals surface area (Å²) in [6.07, 6.45) is 2.10. The molecule has 0 spiro atoms. The predicted molar refractivity (Wildman–Crippen MR) is 84.9 cm³/mol. The maximum Gasteiger partial charge on any atom is 0.251 e. The van der Waals surface area contributed by atoms with E-state index in [4.69, 9.17) is 9.47 Å². The quantitative estimate of drug-likeness (QED) is 0.891. The van der Waals surface area contributed by atoms with Crippen LogP contribution in [0.1, 0.15) is 28.8 Å². The first-order valence-corrected chi connectivity index (χ1v) is 6.90. The van der Waals surface area contributed by atoms with Crippen molar-refractivity contribution in [3.8, 4) is 11.5 Å². The molecule has 1 fully saturated rings. The van der Waals surface area contributed by atoms with Crippen LogP contribution in [0.15, 0.2) is 12.1 Å². The molecule has 0 radical (unpaired) electrons. The van der Waals surface area contributed by atoms with Gasteiger partial charge in [0.2, 0.25) is 0 Å². The highest BCUT2D eigenvalue weighted by Gasteiger charge is 2.18. The van der Waals surface area contributed by atoms with E-state index in [-0.39, 0.29) is 24.4 Å². The predicted octanol–water partition coefficient (Wildman–Crippen LogP) is 1.92. The second-order valence-corrected chi connectivity index (χ2v) is 5.02. The fourth-order valence-electron chi connectivity index (χ4n) is 2.46. The molecular formula is C15H23ClN2O3. The van der Waals surface area contributed by atoms with Gasteiger partial charge in [-0.25, -0.2) is 0 Å². The molecule has 6 heteroatoms. The number of amides is 1. The van der Waals surface area contributed by atoms with Crippen molar-refractivity contribution >= 4 is 18.3 Å². The van der Waals surface area contributed by atoms with E-state index in [0.717, 1.165) is 31.5 Å². The van der Waals surface area contributed by atoms with E-state index in [1.807, 2.05) is 6.92 Å². The largest absolute Gasteiger partial charge is 0.496 e. The number of hydrogen-bond donors (Lipinski definition) is 2. The average Bonchev–Trinajstić information content (AvgIpc) is 2.48. The molecule has 2 rings (SSSR count). The summed E-state index contributed by atoms with van der Waals surface area (Å²) in [7, 11) is 3.18. The van der Waals surface area contributed by atoms with Gasteiger partial charge in [-0.3, -0.25) is 4.79 Å². The normalized spacial score (nSPS) is 17.6. The standard InChI is InChI=1S/C15H22N2O3.ClH/c1-10-13(19-2)7-11(8-14(10)20-3)15(18)17-12-5-4-6-16-9-12;/h7-8,12,16H,4-6,9H2,1-3H3,(H,17,18);1H/t12-;/m0./s1. The molecule has 1 aliphatic heterocycles. The van der Waals surface area contributed by atoms with Gasteiger partial charge in [-0.05, 0) is 38.4 Å². The molecule has 1 aromatic carbocycles. The van der Waals surface area contributed by atoms with E-state index < -0.39 is 0 Å². The molecule has 0 aromatic heterocycles. The Bertz CT molecular complexity index is 463. The molecule has 1 amide bonds. The number of rotatable bonds is 4. The van der Waals surface area contributed by atoms with E-state index in [9.17, 15) is 4.79 Å². The first-order chi connectivity index (χ1) is 9.65. The van der Waals surface area contributed by atoms with Gasteiger partial charge in [0, 0.05) is 23.7 Å². The van der Waals surface area contributed by atoms with Gasteiger partial charge in [0.1, 0.15) is 11.5 Å². The average molecular weight is 315 g/mol. The minimum Gasteiger partial charge on any atom is -0.496 e. The minimum atomic E-state index is -0.0877. The van der Waals surface area contributed by atoms with Gasteiger partial charge < -0.3 is 20.1 Å². The third-order valence-corrected chi connectivity index (χ3v) is 3.65. The van der Waals surface area contributed by atoms with E-state index in [0.29, 0.717) is 17.1 Å². The van der Waals surface area contributed by atoms with Gasteiger partial charge in [0.25, 0.3) is 5.91 Å². The molecule has 0 unspecified atom stereocenters. The number of piperidine rings is 1. The molecule has 2 N–H and O–H groups in total. The lowest BCUT2D eigenvalue weighted by molar-refractivity contribution is 0.0930. The lowest BCUT2D eigenvalue weighted by Gasteiger charge is -2.24. The molecule has 1 aliphatic rings. The van der Waals surface area contributed by atoms with Crippen LogP contribution in [-0.4, -0.2) is 39.3 Å². The molecule has 0 saturated carbocycles. The van der Waals surface area contributed by atoms with Gasteiger partial charge in [-0.2, -0.15) is 0 Å². The zero-order valence-electron chi connectivity index (χ0n) is 12.7. The van der Waals surface area contributed by atoms with Crippen molar-refractivity contribution in [2.24, 2.45) is 0 Å². The second kappa shape index (κ2) is 8.10. The van der Waals surface area contributed by atoms with Gasteiger partial charge in [-0.15, -0.1) is 12.4 Å². The summed E-state index contributed by atoms with van der Waals surface area (Å²) in [6.45, 7) is 3.76. The number of methoxy groups -OCH3 is 2. The second-order valence-electron chi connectivity index (χ2n) is 5.02. The number of hydrogen-bond acceptors (Lipinski definition) is 4. The van der Waals surface area contributed by atoms with Crippen LogP contribution >= 0.6 is 12.4 Å². The Morgan fingerprint density at radius 1 is 1.29 bits per heavy atom. The van der Waals surface area contributed by atoms with Crippen LogP contribution in [0.5, 0.6) is 11.5 Å². The van der Waals surface area contributed by atoms with E-state index >= 15 is 0 Å². The summed E-state index contributed by atoms with van der Waals surface area (Å²) in [5.41, 5.74) is 1.46. The van der Waals surface area contributed by atoms with Gasteiger partial charge in [-0.1, -0.05) is 0 Å². The van der Waals surface area contributed by atoms with E-state index in [2.05, 4.69) is 10.6 Å². The molecule has 1 aromatic rings. The molecule has 0 aliphatic carbocycles. The maximum atomic E-state index is 12.3. The summed E-state index contributed by atoms with van der Waals surface area (Å²) >= 11 is 0. The van der Waals surface area contributed by atoms with Crippen molar-refractivity contribution in [1.29, 1.82) is 0 Å². The molecule has 0 bridgehead atoms. The van der Waals surface area contributed by atoms with Gasteiger partial charge >= 0.3 is 0 Å². The lowest BCUT2D eigenvalue weighted by Crippen LogP contribution is -2.45. The van der Waals surface area contributed by atoms with Gasteiger partial charge in [0.05, 0.1) is 14.2 Å². The molecule has 118 valence electrons. The minimum absolute atomic E-state index is 0. The fourth-order valence-corrected chi connectivity index (χ4v) is 2.46. The van der Waals surface area contributed by atoms with Crippen molar-refractivity contribution in [3.63, 3.8) is 0 Å². The summed E-state index contributed by atoms with van der Waals surface area (Å²) in [4.78, 5) is 12.3. The van der Waals surface area contributed by atoms with Crippen molar-refractivity contribution in [3.05, 3.63) is 23.3 Å². The topological polar surface area (TPSA) is 59.6 Å². The zero-order valence-corrected chi connectivity index (χ0v) is 13.5. The Morgan fingerprint density at radius 3 is 2.38 bits per heavy atom. The van der Waals surface area contributed by atoms with Crippen LogP contribution in [0.3, 0.4) is 0 Å². The third-order valence-electron chi connectivity index (χ3n) is 3.65. The molecular weight excluding hydrogens is 292 g/mol. The zero-order chi connectivity index (χ0) is 14.5. The summed E-state index contributed by atoms with van der Waals surface area (Å²) < 4.78 is 10.6.